The van der Waals surface area contributed by atoms with E-state index in [1.54, 1.807) is 0 Å². The molecule has 0 spiro atoms. The van der Waals surface area contributed by atoms with Crippen molar-refractivity contribution in [3.63, 3.8) is 0 Å². The molecule has 0 saturated heterocycles. The molecule has 182 valence electrons. The molecule has 0 aliphatic rings. The summed E-state index contributed by atoms with van der Waals surface area (Å²) in [6, 6.07) is 0. The molecule has 0 fully saturated rings. The molecule has 31 heavy (non-hydrogen) atoms. The molecule has 1 atom stereocenters. The van der Waals surface area contributed by atoms with Crippen molar-refractivity contribution in [2.24, 2.45) is 5.92 Å². The molecule has 0 aliphatic carbocycles. The molecular weight excluding hydrogens is 380 g/mol. The Balaban J connectivity index is 3.15. The Morgan fingerprint density at radius 2 is 1.00 bits per heavy atom. The van der Waals surface area contributed by atoms with Crippen LogP contribution in [0.3, 0.4) is 0 Å². The van der Waals surface area contributed by atoms with Crippen LogP contribution in [0.1, 0.15) is 149 Å². The quantitative estimate of drug-likeness (QED) is 0.121. The Bertz CT molecular complexity index is 424. The van der Waals surface area contributed by atoms with E-state index in [0.29, 0.717) is 0 Å². The van der Waals surface area contributed by atoms with Crippen LogP contribution >= 0.6 is 0 Å². The lowest BCUT2D eigenvalue weighted by Crippen LogP contribution is -1.92. The average Bonchev–Trinajstić information content (AvgIpc) is 2.76. The summed E-state index contributed by atoms with van der Waals surface area (Å²) >= 11 is 0. The highest BCUT2D eigenvalue weighted by molar-refractivity contribution is 5.66. The van der Waals surface area contributed by atoms with Gasteiger partial charge in [-0.25, -0.2) is 0 Å². The molecule has 0 saturated carbocycles. The van der Waals surface area contributed by atoms with Gasteiger partial charge in [0.05, 0.1) is 0 Å². The number of hydrogen-bond acceptors (Lipinski definition) is 1. The minimum Gasteiger partial charge on any atom is -0.481 e. The average molecular weight is 435 g/mol. The minimum atomic E-state index is -0.694. The van der Waals surface area contributed by atoms with Crippen LogP contribution in [0.15, 0.2) is 24.3 Å². The second kappa shape index (κ2) is 25.2. The highest BCUT2D eigenvalue weighted by atomic mass is 16.4. The summed E-state index contributed by atoms with van der Waals surface area (Å²) in [5, 5.41) is 8.57. The largest absolute Gasteiger partial charge is 0.481 e. The van der Waals surface area contributed by atoms with Crippen molar-refractivity contribution in [2.75, 3.05) is 0 Å². The van der Waals surface area contributed by atoms with Crippen LogP contribution in [0.4, 0.5) is 0 Å². The molecule has 0 heterocycles. The van der Waals surface area contributed by atoms with Crippen molar-refractivity contribution in [3.05, 3.63) is 24.3 Å². The number of carbonyl (C=O) groups is 1. The number of hydrogen-bond donors (Lipinski definition) is 1. The maximum atomic E-state index is 10.4. The third-order valence-electron chi connectivity index (χ3n) is 6.36. The summed E-state index contributed by atoms with van der Waals surface area (Å²) in [5.41, 5.74) is 0. The molecule has 0 rings (SSSR count). The van der Waals surface area contributed by atoms with Crippen molar-refractivity contribution in [3.8, 4) is 0 Å². The maximum Gasteiger partial charge on any atom is 0.303 e. The molecule has 0 amide bonds. The standard InChI is InChI=1S/C29H54O2/c1-3-28(2)26-24-22-20-18-16-14-12-10-8-6-4-5-7-9-11-13-15-17-19-21-23-25-27-29(30)31/h11,13,19,21,28H,3-10,12,14-18,20,22-27H2,1-2H3,(H,30,31). The molecule has 0 aromatic heterocycles. The number of carboxylic acid groups (broad SMARTS) is 1. The lowest BCUT2D eigenvalue weighted by molar-refractivity contribution is -0.137. The summed E-state index contributed by atoms with van der Waals surface area (Å²) in [5.74, 6) is 0.236. The van der Waals surface area contributed by atoms with Gasteiger partial charge in [-0.3, -0.25) is 4.79 Å². The zero-order valence-corrected chi connectivity index (χ0v) is 21.1. The SMILES string of the molecule is CCC(C)CCCCCCCCCCCCCCCC=CCCC=CCCCC(=O)O. The topological polar surface area (TPSA) is 37.3 Å². The van der Waals surface area contributed by atoms with Crippen LogP contribution in [0.2, 0.25) is 0 Å². The van der Waals surface area contributed by atoms with Crippen LogP contribution in [0, 0.1) is 5.92 Å². The Morgan fingerprint density at radius 3 is 1.45 bits per heavy atom. The van der Waals surface area contributed by atoms with E-state index in [9.17, 15) is 4.79 Å². The number of unbranched alkanes of at least 4 members (excludes halogenated alkanes) is 15. The van der Waals surface area contributed by atoms with Crippen LogP contribution in [-0.4, -0.2) is 11.1 Å². The van der Waals surface area contributed by atoms with E-state index in [1.807, 2.05) is 0 Å². The van der Waals surface area contributed by atoms with Gasteiger partial charge in [-0.2, -0.15) is 0 Å². The normalized spacial score (nSPS) is 12.8. The first-order chi connectivity index (χ1) is 15.2. The first kappa shape index (κ1) is 29.9. The number of rotatable bonds is 24. The molecule has 1 unspecified atom stereocenters. The van der Waals surface area contributed by atoms with Gasteiger partial charge < -0.3 is 5.11 Å². The van der Waals surface area contributed by atoms with Gasteiger partial charge >= 0.3 is 5.97 Å². The molecule has 0 aromatic rings. The Kier molecular flexibility index (Phi) is 24.4. The Labute approximate surface area is 195 Å². The van der Waals surface area contributed by atoms with Gasteiger partial charge in [0, 0.05) is 6.42 Å². The fourth-order valence-electron chi connectivity index (χ4n) is 3.94. The highest BCUT2D eigenvalue weighted by Crippen LogP contribution is 2.16. The third kappa shape index (κ3) is 26.9. The van der Waals surface area contributed by atoms with Gasteiger partial charge in [0.25, 0.3) is 0 Å². The minimum absolute atomic E-state index is 0.281. The summed E-state index contributed by atoms with van der Waals surface area (Å²) < 4.78 is 0. The third-order valence-corrected chi connectivity index (χ3v) is 6.36. The van der Waals surface area contributed by atoms with E-state index in [-0.39, 0.29) is 6.42 Å². The van der Waals surface area contributed by atoms with Gasteiger partial charge in [-0.15, -0.1) is 0 Å². The number of carboxylic acids is 1. The lowest BCUT2D eigenvalue weighted by atomic mass is 9.99. The zero-order valence-electron chi connectivity index (χ0n) is 21.1. The van der Waals surface area contributed by atoms with Crippen molar-refractivity contribution < 1.29 is 9.90 Å². The number of aliphatic carboxylic acids is 1. The summed E-state index contributed by atoms with van der Waals surface area (Å²) in [4.78, 5) is 10.4. The zero-order chi connectivity index (χ0) is 22.8. The van der Waals surface area contributed by atoms with E-state index >= 15 is 0 Å². The molecule has 0 aliphatic heterocycles. The molecule has 2 heteroatoms. The fraction of sp³-hybridized carbons (Fsp3) is 0.828. The van der Waals surface area contributed by atoms with E-state index in [2.05, 4.69) is 38.2 Å². The first-order valence-corrected chi connectivity index (χ1v) is 13.7. The van der Waals surface area contributed by atoms with Gasteiger partial charge in [0.15, 0.2) is 0 Å². The van der Waals surface area contributed by atoms with E-state index < -0.39 is 5.97 Å². The molecule has 0 radical (unpaired) electrons. The van der Waals surface area contributed by atoms with Crippen LogP contribution in [0.25, 0.3) is 0 Å². The van der Waals surface area contributed by atoms with Gasteiger partial charge in [-0.1, -0.05) is 128 Å². The monoisotopic (exact) mass is 434 g/mol. The van der Waals surface area contributed by atoms with Crippen molar-refractivity contribution in [1.82, 2.24) is 0 Å². The molecular formula is C29H54O2. The smallest absolute Gasteiger partial charge is 0.303 e. The van der Waals surface area contributed by atoms with Gasteiger partial charge in [0.1, 0.15) is 0 Å². The predicted molar refractivity (Wildman–Crippen MR) is 138 cm³/mol. The van der Waals surface area contributed by atoms with E-state index in [1.165, 1.54) is 103 Å². The van der Waals surface area contributed by atoms with Crippen LogP contribution in [0.5, 0.6) is 0 Å². The molecule has 0 bridgehead atoms. The van der Waals surface area contributed by atoms with E-state index in [4.69, 9.17) is 5.11 Å². The van der Waals surface area contributed by atoms with Crippen molar-refractivity contribution in [1.29, 1.82) is 0 Å². The van der Waals surface area contributed by atoms with Crippen LogP contribution < -0.4 is 0 Å². The maximum absolute atomic E-state index is 10.4. The predicted octanol–water partition coefficient (Wildman–Crippen LogP) is 10.0. The Morgan fingerprint density at radius 1 is 0.613 bits per heavy atom. The van der Waals surface area contributed by atoms with Crippen molar-refractivity contribution in [2.45, 2.75) is 149 Å². The van der Waals surface area contributed by atoms with E-state index in [0.717, 1.165) is 31.6 Å². The van der Waals surface area contributed by atoms with Gasteiger partial charge in [0.2, 0.25) is 0 Å². The van der Waals surface area contributed by atoms with Crippen LogP contribution in [-0.2, 0) is 4.79 Å². The number of allylic oxidation sites excluding steroid dienone is 4. The lowest BCUT2D eigenvalue weighted by Gasteiger charge is -2.07. The first-order valence-electron chi connectivity index (χ1n) is 13.7. The Hall–Kier alpha value is -1.05. The van der Waals surface area contributed by atoms with Gasteiger partial charge in [-0.05, 0) is 44.4 Å². The second-order valence-electron chi connectivity index (χ2n) is 9.49. The summed E-state index contributed by atoms with van der Waals surface area (Å²) in [6.07, 6.45) is 35.6. The van der Waals surface area contributed by atoms with Crippen molar-refractivity contribution >= 4 is 5.97 Å². The molecule has 2 nitrogen and oxygen atoms in total. The highest BCUT2D eigenvalue weighted by Gasteiger charge is 1.98. The summed E-state index contributed by atoms with van der Waals surface area (Å²) in [6.45, 7) is 4.69. The molecule has 1 N–H and O–H groups in total. The molecule has 0 aromatic carbocycles. The summed E-state index contributed by atoms with van der Waals surface area (Å²) in [7, 11) is 0. The fourth-order valence-corrected chi connectivity index (χ4v) is 3.94. The second-order valence-corrected chi connectivity index (χ2v) is 9.49.